The molecule has 3 nitrogen and oxygen atoms in total. The first-order valence-corrected chi connectivity index (χ1v) is 7.36. The van der Waals surface area contributed by atoms with E-state index < -0.39 is 0 Å². The highest BCUT2D eigenvalue weighted by Gasteiger charge is 2.24. The Labute approximate surface area is 127 Å². The van der Waals surface area contributed by atoms with Gasteiger partial charge in [0.2, 0.25) is 0 Å². The van der Waals surface area contributed by atoms with Crippen molar-refractivity contribution in [3.05, 3.63) is 47.2 Å². The Morgan fingerprint density at radius 3 is 2.76 bits per heavy atom. The number of nitrogens with zero attached hydrogens (tertiary/aromatic N) is 1. The average molecular weight is 282 g/mol. The van der Waals surface area contributed by atoms with E-state index in [2.05, 4.69) is 30.3 Å². The van der Waals surface area contributed by atoms with Crippen LogP contribution in [0.5, 0.6) is 0 Å². The van der Waals surface area contributed by atoms with Gasteiger partial charge in [0.1, 0.15) is 0 Å². The molecule has 1 aromatic carbocycles. The molecule has 0 heterocycles. The highest BCUT2D eigenvalue weighted by molar-refractivity contribution is 5.94. The van der Waals surface area contributed by atoms with E-state index in [0.29, 0.717) is 6.54 Å². The lowest BCUT2D eigenvalue weighted by atomic mass is 10.1. The van der Waals surface area contributed by atoms with Gasteiger partial charge in [-0.3, -0.25) is 4.79 Å². The van der Waals surface area contributed by atoms with Crippen LogP contribution in [0.4, 0.5) is 0 Å². The number of amides is 1. The van der Waals surface area contributed by atoms with E-state index >= 15 is 0 Å². The second-order valence-corrected chi connectivity index (χ2v) is 5.45. The number of terminal acetylenes is 1. The molecule has 0 aliphatic heterocycles. The van der Waals surface area contributed by atoms with Gasteiger partial charge in [-0.25, -0.2) is 0 Å². The first-order valence-electron chi connectivity index (χ1n) is 7.36. The summed E-state index contributed by atoms with van der Waals surface area (Å²) in [6, 6.07) is 10.5. The lowest BCUT2D eigenvalue weighted by Crippen LogP contribution is -2.30. The smallest absolute Gasteiger partial charge is 0.252 e. The Kier molecular flexibility index (Phi) is 5.05. The van der Waals surface area contributed by atoms with Gasteiger partial charge < -0.3 is 10.2 Å². The van der Waals surface area contributed by atoms with Crippen LogP contribution < -0.4 is 5.32 Å². The zero-order valence-electron chi connectivity index (χ0n) is 12.7. The number of hydrogen-bond acceptors (Lipinski definition) is 2. The second-order valence-electron chi connectivity index (χ2n) is 5.45. The summed E-state index contributed by atoms with van der Waals surface area (Å²) in [5.74, 6) is 2.56. The Bertz CT molecular complexity index is 569. The van der Waals surface area contributed by atoms with Crippen LogP contribution in [-0.2, 0) is 4.79 Å². The van der Waals surface area contributed by atoms with E-state index in [0.717, 1.165) is 30.5 Å². The van der Waals surface area contributed by atoms with Crippen molar-refractivity contribution in [2.45, 2.75) is 32.2 Å². The third-order valence-electron chi connectivity index (χ3n) is 3.84. The molecule has 0 radical (unpaired) electrons. The van der Waals surface area contributed by atoms with Crippen molar-refractivity contribution in [3.63, 3.8) is 0 Å². The first kappa shape index (κ1) is 15.2. The topological polar surface area (TPSA) is 32.3 Å². The summed E-state index contributed by atoms with van der Waals surface area (Å²) < 4.78 is 0. The standard InChI is InChI=1S/C18H22N2O/c1-4-13-20(3)18(21)16-11-8-12-17(16)19-14(2)15-9-6-5-7-10-15/h1,5-7,9-10,14,19H,8,11-13H2,2-3H3/t14-/m0/s1. The van der Waals surface area contributed by atoms with Crippen LogP contribution in [0.2, 0.25) is 0 Å². The van der Waals surface area contributed by atoms with E-state index in [1.54, 1.807) is 11.9 Å². The van der Waals surface area contributed by atoms with E-state index in [1.807, 2.05) is 18.2 Å². The highest BCUT2D eigenvalue weighted by Crippen LogP contribution is 2.27. The summed E-state index contributed by atoms with van der Waals surface area (Å²) in [5, 5.41) is 3.50. The lowest BCUT2D eigenvalue weighted by molar-refractivity contribution is -0.125. The molecule has 2 rings (SSSR count). The molecule has 1 N–H and O–H groups in total. The fraction of sp³-hybridized carbons (Fsp3) is 0.389. The molecule has 1 aliphatic rings. The minimum atomic E-state index is 0.0493. The summed E-state index contributed by atoms with van der Waals surface area (Å²) in [6.07, 6.45) is 8.07. The third kappa shape index (κ3) is 3.66. The lowest BCUT2D eigenvalue weighted by Gasteiger charge is -2.20. The Hall–Kier alpha value is -2.21. The quantitative estimate of drug-likeness (QED) is 0.842. The minimum absolute atomic E-state index is 0.0493. The molecule has 0 unspecified atom stereocenters. The molecular weight excluding hydrogens is 260 g/mol. The molecule has 0 fully saturated rings. The number of carbonyl (C=O) groups is 1. The molecule has 110 valence electrons. The Morgan fingerprint density at radius 2 is 2.10 bits per heavy atom. The molecule has 1 aromatic rings. The van der Waals surface area contributed by atoms with Gasteiger partial charge in [0.15, 0.2) is 0 Å². The van der Waals surface area contributed by atoms with Crippen LogP contribution in [0.3, 0.4) is 0 Å². The normalized spacial score (nSPS) is 15.5. The maximum absolute atomic E-state index is 12.4. The van der Waals surface area contributed by atoms with E-state index in [1.165, 1.54) is 5.56 Å². The maximum atomic E-state index is 12.4. The van der Waals surface area contributed by atoms with Crippen LogP contribution in [0, 0.1) is 12.3 Å². The van der Waals surface area contributed by atoms with Gasteiger partial charge in [0.05, 0.1) is 6.54 Å². The molecule has 1 atom stereocenters. The van der Waals surface area contributed by atoms with Gasteiger partial charge in [0.25, 0.3) is 5.91 Å². The van der Waals surface area contributed by atoms with Gasteiger partial charge >= 0.3 is 0 Å². The van der Waals surface area contributed by atoms with Crippen molar-refractivity contribution in [1.29, 1.82) is 0 Å². The van der Waals surface area contributed by atoms with Crippen molar-refractivity contribution in [1.82, 2.24) is 10.2 Å². The Balaban J connectivity index is 2.12. The fourth-order valence-electron chi connectivity index (χ4n) is 2.66. The van der Waals surface area contributed by atoms with Crippen LogP contribution in [-0.4, -0.2) is 24.4 Å². The van der Waals surface area contributed by atoms with Crippen molar-refractivity contribution < 1.29 is 4.79 Å². The van der Waals surface area contributed by atoms with Crippen LogP contribution in [0.15, 0.2) is 41.6 Å². The molecule has 3 heteroatoms. The van der Waals surface area contributed by atoms with E-state index in [4.69, 9.17) is 6.42 Å². The number of carbonyl (C=O) groups excluding carboxylic acids is 1. The van der Waals surface area contributed by atoms with Crippen LogP contribution >= 0.6 is 0 Å². The van der Waals surface area contributed by atoms with Crippen molar-refractivity contribution >= 4 is 5.91 Å². The SMILES string of the molecule is C#CCN(C)C(=O)C1=C(N[C@@H](C)c2ccccc2)CCC1. The molecule has 1 aliphatic carbocycles. The average Bonchev–Trinajstić information content (AvgIpc) is 2.95. The summed E-state index contributed by atoms with van der Waals surface area (Å²) >= 11 is 0. The van der Waals surface area contributed by atoms with Gasteiger partial charge in [-0.2, -0.15) is 0 Å². The number of allylic oxidation sites excluding steroid dienone is 1. The van der Waals surface area contributed by atoms with Crippen molar-refractivity contribution in [3.8, 4) is 12.3 Å². The van der Waals surface area contributed by atoms with E-state index in [9.17, 15) is 4.79 Å². The number of hydrogen-bond donors (Lipinski definition) is 1. The Morgan fingerprint density at radius 1 is 1.38 bits per heavy atom. The number of benzene rings is 1. The van der Waals surface area contributed by atoms with Crippen molar-refractivity contribution in [2.24, 2.45) is 0 Å². The van der Waals surface area contributed by atoms with Gasteiger partial charge in [-0.1, -0.05) is 36.3 Å². The molecule has 1 amide bonds. The number of likely N-dealkylation sites (N-methyl/N-ethyl adjacent to an activating group) is 1. The molecule has 0 aromatic heterocycles. The molecule has 21 heavy (non-hydrogen) atoms. The second kappa shape index (κ2) is 6.99. The van der Waals surface area contributed by atoms with Crippen LogP contribution in [0.25, 0.3) is 0 Å². The molecule has 0 spiro atoms. The third-order valence-corrected chi connectivity index (χ3v) is 3.84. The van der Waals surface area contributed by atoms with Crippen molar-refractivity contribution in [2.75, 3.05) is 13.6 Å². The minimum Gasteiger partial charge on any atom is -0.381 e. The zero-order valence-corrected chi connectivity index (χ0v) is 12.7. The summed E-state index contributed by atoms with van der Waals surface area (Å²) in [4.78, 5) is 14.0. The van der Waals surface area contributed by atoms with Gasteiger partial charge in [-0.05, 0) is 31.7 Å². The largest absolute Gasteiger partial charge is 0.381 e. The molecule has 0 bridgehead atoms. The number of rotatable bonds is 5. The van der Waals surface area contributed by atoms with E-state index in [-0.39, 0.29) is 11.9 Å². The highest BCUT2D eigenvalue weighted by atomic mass is 16.2. The molecular formula is C18H22N2O. The number of nitrogens with one attached hydrogen (secondary N) is 1. The predicted molar refractivity (Wildman–Crippen MR) is 85.3 cm³/mol. The molecule has 0 saturated carbocycles. The monoisotopic (exact) mass is 282 g/mol. The summed E-state index contributed by atoms with van der Waals surface area (Å²) in [6.45, 7) is 2.47. The predicted octanol–water partition coefficient (Wildman–Crippen LogP) is 2.87. The summed E-state index contributed by atoms with van der Waals surface area (Å²) in [7, 11) is 1.76. The zero-order chi connectivity index (χ0) is 15.2. The van der Waals surface area contributed by atoms with Crippen LogP contribution in [0.1, 0.15) is 37.8 Å². The summed E-state index contributed by atoms with van der Waals surface area (Å²) in [5.41, 5.74) is 3.18. The first-order chi connectivity index (χ1) is 10.1. The van der Waals surface area contributed by atoms with Gasteiger partial charge in [0, 0.05) is 24.4 Å². The van der Waals surface area contributed by atoms with Gasteiger partial charge in [-0.15, -0.1) is 6.42 Å². The fourth-order valence-corrected chi connectivity index (χ4v) is 2.66. The molecule has 0 saturated heterocycles. The maximum Gasteiger partial charge on any atom is 0.252 e.